The van der Waals surface area contributed by atoms with Gasteiger partial charge in [-0.1, -0.05) is 23.8 Å². The molecular weight excluding hydrogens is 270 g/mol. The maximum absolute atomic E-state index is 11.2. The van der Waals surface area contributed by atoms with Gasteiger partial charge in [0.05, 0.1) is 5.02 Å². The van der Waals surface area contributed by atoms with Gasteiger partial charge in [-0.2, -0.15) is 0 Å². The Morgan fingerprint density at radius 1 is 1.50 bits per heavy atom. The van der Waals surface area contributed by atoms with Crippen molar-refractivity contribution < 1.29 is 4.79 Å². The Labute approximate surface area is 117 Å². The van der Waals surface area contributed by atoms with Crippen LogP contribution in [0, 0.1) is 0 Å². The van der Waals surface area contributed by atoms with E-state index in [0.29, 0.717) is 30.1 Å². The molecule has 0 unspecified atom stereocenters. The number of anilines is 1. The second kappa shape index (κ2) is 7.18. The molecule has 0 bridgehead atoms. The molecule has 0 aromatic heterocycles. The fourth-order valence-electron chi connectivity index (χ4n) is 1.43. The molecule has 0 radical (unpaired) electrons. The van der Waals surface area contributed by atoms with Gasteiger partial charge < -0.3 is 16.4 Å². The van der Waals surface area contributed by atoms with Gasteiger partial charge in [0.25, 0.3) is 0 Å². The zero-order valence-electron chi connectivity index (χ0n) is 10.1. The Kier molecular flexibility index (Phi) is 5.88. The number of carbonyl (C=O) groups excluding carboxylic acids is 1. The van der Waals surface area contributed by atoms with E-state index in [1.807, 2.05) is 13.0 Å². The van der Waals surface area contributed by atoms with Gasteiger partial charge >= 0.3 is 0 Å². The molecule has 0 atom stereocenters. The maximum Gasteiger partial charge on any atom is 0.221 e. The fraction of sp³-hybridized carbons (Fsp3) is 0.333. The quantitative estimate of drug-likeness (QED) is 0.699. The molecule has 1 aromatic rings. The summed E-state index contributed by atoms with van der Waals surface area (Å²) in [4.78, 5) is 11.5. The van der Waals surface area contributed by atoms with Gasteiger partial charge in [-0.3, -0.25) is 4.79 Å². The molecule has 0 heterocycles. The number of amides is 1. The highest BCUT2D eigenvalue weighted by molar-refractivity contribution is 7.80. The lowest BCUT2D eigenvalue weighted by Crippen LogP contribution is -2.24. The van der Waals surface area contributed by atoms with Crippen LogP contribution in [0.5, 0.6) is 0 Å². The van der Waals surface area contributed by atoms with Crippen LogP contribution in [-0.4, -0.2) is 24.0 Å². The van der Waals surface area contributed by atoms with E-state index in [1.54, 1.807) is 12.1 Å². The molecule has 4 N–H and O–H groups in total. The smallest absolute Gasteiger partial charge is 0.221 e. The standard InChI is InChI=1S/C12H16ClN3OS/c1-2-15-11(17)5-6-16-8-3-4-9(12(14)18)10(13)7-8/h3-4,7,16H,2,5-6H2,1H3,(H2,14,18)(H,15,17). The molecule has 6 heteroatoms. The number of carbonyl (C=O) groups is 1. The number of nitrogens with two attached hydrogens (primary N) is 1. The summed E-state index contributed by atoms with van der Waals surface area (Å²) in [5.74, 6) is 0.0239. The molecule has 1 rings (SSSR count). The van der Waals surface area contributed by atoms with Gasteiger partial charge in [-0.15, -0.1) is 0 Å². The van der Waals surface area contributed by atoms with Gasteiger partial charge in [0.15, 0.2) is 0 Å². The summed E-state index contributed by atoms with van der Waals surface area (Å²) in [6, 6.07) is 5.34. The lowest BCUT2D eigenvalue weighted by molar-refractivity contribution is -0.120. The Bertz CT molecular complexity index is 451. The lowest BCUT2D eigenvalue weighted by atomic mass is 10.2. The van der Waals surface area contributed by atoms with E-state index in [1.165, 1.54) is 0 Å². The highest BCUT2D eigenvalue weighted by Gasteiger charge is 2.04. The van der Waals surface area contributed by atoms with Crippen LogP contribution in [-0.2, 0) is 4.79 Å². The average molecular weight is 286 g/mol. The second-order valence-electron chi connectivity index (χ2n) is 3.69. The SMILES string of the molecule is CCNC(=O)CCNc1ccc(C(N)=S)c(Cl)c1. The molecule has 18 heavy (non-hydrogen) atoms. The first kappa shape index (κ1) is 14.7. The van der Waals surface area contributed by atoms with E-state index in [9.17, 15) is 4.79 Å². The van der Waals surface area contributed by atoms with Crippen LogP contribution in [0.4, 0.5) is 5.69 Å². The Morgan fingerprint density at radius 2 is 2.22 bits per heavy atom. The maximum atomic E-state index is 11.2. The van der Waals surface area contributed by atoms with Crippen molar-refractivity contribution in [2.24, 2.45) is 5.73 Å². The van der Waals surface area contributed by atoms with E-state index in [0.717, 1.165) is 5.69 Å². The third-order valence-corrected chi connectivity index (χ3v) is 2.82. The van der Waals surface area contributed by atoms with Crippen LogP contribution < -0.4 is 16.4 Å². The highest BCUT2D eigenvalue weighted by Crippen LogP contribution is 2.20. The summed E-state index contributed by atoms with van der Waals surface area (Å²) >= 11 is 10.9. The molecule has 0 aliphatic carbocycles. The summed E-state index contributed by atoms with van der Waals surface area (Å²) in [6.07, 6.45) is 0.419. The molecule has 0 saturated heterocycles. The van der Waals surface area contributed by atoms with Gasteiger partial charge in [0.1, 0.15) is 4.99 Å². The minimum atomic E-state index is 0.0239. The molecule has 0 saturated carbocycles. The predicted octanol–water partition coefficient (Wildman–Crippen LogP) is 1.91. The van der Waals surface area contributed by atoms with E-state index >= 15 is 0 Å². The van der Waals surface area contributed by atoms with Gasteiger partial charge in [0.2, 0.25) is 5.91 Å². The van der Waals surface area contributed by atoms with Crippen molar-refractivity contribution in [1.82, 2.24) is 5.32 Å². The molecule has 0 spiro atoms. The van der Waals surface area contributed by atoms with E-state index < -0.39 is 0 Å². The van der Waals surface area contributed by atoms with Crippen LogP contribution >= 0.6 is 23.8 Å². The summed E-state index contributed by atoms with van der Waals surface area (Å²) in [7, 11) is 0. The van der Waals surface area contributed by atoms with Crippen molar-refractivity contribution in [2.45, 2.75) is 13.3 Å². The zero-order chi connectivity index (χ0) is 13.5. The summed E-state index contributed by atoms with van der Waals surface area (Å²) in [6.45, 7) is 3.08. The Morgan fingerprint density at radius 3 is 2.78 bits per heavy atom. The Hall–Kier alpha value is -1.33. The highest BCUT2D eigenvalue weighted by atomic mass is 35.5. The van der Waals surface area contributed by atoms with Crippen molar-refractivity contribution in [2.75, 3.05) is 18.4 Å². The van der Waals surface area contributed by atoms with Crippen LogP contribution in [0.3, 0.4) is 0 Å². The van der Waals surface area contributed by atoms with Crippen LogP contribution in [0.15, 0.2) is 18.2 Å². The normalized spacial score (nSPS) is 9.89. The topological polar surface area (TPSA) is 67.2 Å². The fourth-order valence-corrected chi connectivity index (χ4v) is 1.95. The summed E-state index contributed by atoms with van der Waals surface area (Å²) in [5.41, 5.74) is 7.00. The van der Waals surface area contributed by atoms with Crippen molar-refractivity contribution in [3.8, 4) is 0 Å². The molecule has 1 aromatic carbocycles. The Balaban J connectivity index is 2.51. The minimum Gasteiger partial charge on any atom is -0.389 e. The third-order valence-electron chi connectivity index (χ3n) is 2.29. The molecular formula is C12H16ClN3OS. The summed E-state index contributed by atoms with van der Waals surface area (Å²) in [5, 5.41) is 6.35. The van der Waals surface area contributed by atoms with Crippen molar-refractivity contribution >= 4 is 40.4 Å². The monoisotopic (exact) mass is 285 g/mol. The van der Waals surface area contributed by atoms with Crippen molar-refractivity contribution in [3.05, 3.63) is 28.8 Å². The van der Waals surface area contributed by atoms with Gasteiger partial charge in [-0.25, -0.2) is 0 Å². The van der Waals surface area contributed by atoms with Crippen LogP contribution in [0.2, 0.25) is 5.02 Å². The van der Waals surface area contributed by atoms with E-state index in [4.69, 9.17) is 29.6 Å². The number of rotatable bonds is 6. The number of thiocarbonyl (C=S) groups is 1. The van der Waals surface area contributed by atoms with E-state index in [-0.39, 0.29) is 10.9 Å². The minimum absolute atomic E-state index is 0.0239. The first-order chi connectivity index (χ1) is 8.54. The number of hydrogen-bond acceptors (Lipinski definition) is 3. The molecule has 0 aliphatic rings. The predicted molar refractivity (Wildman–Crippen MR) is 79.1 cm³/mol. The van der Waals surface area contributed by atoms with Crippen LogP contribution in [0.1, 0.15) is 18.9 Å². The molecule has 4 nitrogen and oxygen atoms in total. The number of hydrogen-bond donors (Lipinski definition) is 3. The van der Waals surface area contributed by atoms with Gasteiger partial charge in [0, 0.05) is 30.8 Å². The van der Waals surface area contributed by atoms with Gasteiger partial charge in [-0.05, 0) is 25.1 Å². The first-order valence-electron chi connectivity index (χ1n) is 5.64. The summed E-state index contributed by atoms with van der Waals surface area (Å²) < 4.78 is 0. The first-order valence-corrected chi connectivity index (χ1v) is 6.43. The third kappa shape index (κ3) is 4.50. The largest absolute Gasteiger partial charge is 0.389 e. The molecule has 0 fully saturated rings. The number of halogens is 1. The van der Waals surface area contributed by atoms with Crippen LogP contribution in [0.25, 0.3) is 0 Å². The molecule has 1 amide bonds. The second-order valence-corrected chi connectivity index (χ2v) is 4.54. The van der Waals surface area contributed by atoms with Crippen molar-refractivity contribution in [1.29, 1.82) is 0 Å². The molecule has 98 valence electrons. The number of benzene rings is 1. The molecule has 0 aliphatic heterocycles. The zero-order valence-corrected chi connectivity index (χ0v) is 11.7. The lowest BCUT2D eigenvalue weighted by Gasteiger charge is -2.08. The van der Waals surface area contributed by atoms with E-state index in [2.05, 4.69) is 10.6 Å². The van der Waals surface area contributed by atoms with Crippen molar-refractivity contribution in [3.63, 3.8) is 0 Å². The number of nitrogens with one attached hydrogen (secondary N) is 2. The average Bonchev–Trinajstić information content (AvgIpc) is 2.29.